The van der Waals surface area contributed by atoms with E-state index in [9.17, 15) is 4.79 Å². The molecule has 20 heavy (non-hydrogen) atoms. The molecular formula is C13H11Cl2NO4. The molecule has 7 heteroatoms. The third-order valence-corrected chi connectivity index (χ3v) is 3.35. The highest BCUT2D eigenvalue weighted by atomic mass is 35.5. The maximum Gasteiger partial charge on any atom is 0.376 e. The van der Waals surface area contributed by atoms with E-state index >= 15 is 0 Å². The van der Waals surface area contributed by atoms with Gasteiger partial charge in [-0.3, -0.25) is 0 Å². The van der Waals surface area contributed by atoms with Gasteiger partial charge in [-0.2, -0.15) is 0 Å². The van der Waals surface area contributed by atoms with Crippen LogP contribution in [0.4, 0.5) is 0 Å². The van der Waals surface area contributed by atoms with Gasteiger partial charge in [0, 0.05) is 7.11 Å². The lowest BCUT2D eigenvalue weighted by Gasteiger charge is -2.00. The van der Waals surface area contributed by atoms with Crippen LogP contribution in [-0.2, 0) is 16.1 Å². The van der Waals surface area contributed by atoms with Crippen molar-refractivity contribution in [3.8, 4) is 11.5 Å². The van der Waals surface area contributed by atoms with Crippen LogP contribution in [0.1, 0.15) is 16.2 Å². The Balaban J connectivity index is 2.52. The molecule has 0 aliphatic carbocycles. The van der Waals surface area contributed by atoms with E-state index in [2.05, 4.69) is 9.72 Å². The number of nitrogens with zero attached hydrogens (tertiary/aromatic N) is 1. The van der Waals surface area contributed by atoms with Crippen molar-refractivity contribution in [2.24, 2.45) is 0 Å². The molecule has 0 saturated carbocycles. The van der Waals surface area contributed by atoms with Gasteiger partial charge < -0.3 is 13.9 Å². The average Bonchev–Trinajstić information content (AvgIpc) is 2.85. The van der Waals surface area contributed by atoms with Gasteiger partial charge in [0.05, 0.1) is 29.3 Å². The third-order valence-electron chi connectivity index (χ3n) is 2.53. The number of hydrogen-bond acceptors (Lipinski definition) is 5. The number of esters is 1. The summed E-state index contributed by atoms with van der Waals surface area (Å²) in [4.78, 5) is 15.8. The van der Waals surface area contributed by atoms with Crippen molar-refractivity contribution in [2.75, 3.05) is 14.2 Å². The highest BCUT2D eigenvalue weighted by molar-refractivity contribution is 6.43. The van der Waals surface area contributed by atoms with Crippen molar-refractivity contribution in [1.82, 2.24) is 4.98 Å². The maximum atomic E-state index is 11.6. The van der Waals surface area contributed by atoms with Crippen molar-refractivity contribution in [3.05, 3.63) is 39.7 Å². The summed E-state index contributed by atoms with van der Waals surface area (Å²) in [6.07, 6.45) is 0. The number of halogens is 2. The van der Waals surface area contributed by atoms with Crippen molar-refractivity contribution in [1.29, 1.82) is 0 Å². The average molecular weight is 316 g/mol. The molecule has 0 spiro atoms. The van der Waals surface area contributed by atoms with Gasteiger partial charge in [0.25, 0.3) is 0 Å². The molecule has 0 unspecified atom stereocenters. The van der Waals surface area contributed by atoms with Gasteiger partial charge in [-0.15, -0.1) is 0 Å². The second-order valence-corrected chi connectivity index (χ2v) is 4.61. The maximum absolute atomic E-state index is 11.6. The van der Waals surface area contributed by atoms with Crippen LogP contribution >= 0.6 is 23.2 Å². The van der Waals surface area contributed by atoms with Crippen molar-refractivity contribution in [2.45, 2.75) is 6.61 Å². The number of carbonyl (C=O) groups is 1. The van der Waals surface area contributed by atoms with E-state index in [0.717, 1.165) is 0 Å². The van der Waals surface area contributed by atoms with E-state index < -0.39 is 5.97 Å². The quantitative estimate of drug-likeness (QED) is 0.807. The fraction of sp³-hybridized carbons (Fsp3) is 0.231. The Kier molecular flexibility index (Phi) is 4.65. The minimum Gasteiger partial charge on any atom is -0.463 e. The lowest BCUT2D eigenvalue weighted by molar-refractivity contribution is 0.0559. The number of aromatic nitrogens is 1. The molecule has 0 radical (unpaired) electrons. The van der Waals surface area contributed by atoms with E-state index in [1.807, 2.05) is 0 Å². The summed E-state index contributed by atoms with van der Waals surface area (Å²) in [5.41, 5.74) is 0.831. The number of rotatable bonds is 4. The first-order valence-electron chi connectivity index (χ1n) is 5.59. The van der Waals surface area contributed by atoms with Crippen molar-refractivity contribution < 1.29 is 18.7 Å². The Morgan fingerprint density at radius 1 is 1.35 bits per heavy atom. The Hall–Kier alpha value is -1.56. The van der Waals surface area contributed by atoms with Gasteiger partial charge in [-0.1, -0.05) is 29.3 Å². The van der Waals surface area contributed by atoms with Crippen LogP contribution in [0, 0.1) is 0 Å². The Labute approximate surface area is 125 Å². The largest absolute Gasteiger partial charge is 0.463 e. The Morgan fingerprint density at radius 2 is 2.10 bits per heavy atom. The molecule has 5 nitrogen and oxygen atoms in total. The van der Waals surface area contributed by atoms with Crippen LogP contribution in [0.5, 0.6) is 0 Å². The monoisotopic (exact) mass is 315 g/mol. The topological polar surface area (TPSA) is 61.6 Å². The van der Waals surface area contributed by atoms with Gasteiger partial charge in [-0.25, -0.2) is 9.78 Å². The zero-order valence-corrected chi connectivity index (χ0v) is 12.3. The van der Waals surface area contributed by atoms with Crippen LogP contribution in [0.15, 0.2) is 22.6 Å². The van der Waals surface area contributed by atoms with E-state index in [0.29, 0.717) is 21.3 Å². The van der Waals surface area contributed by atoms with Crippen LogP contribution in [0.3, 0.4) is 0 Å². The number of ether oxygens (including phenoxy) is 2. The minimum absolute atomic E-state index is 0.0135. The van der Waals surface area contributed by atoms with Gasteiger partial charge in [0.2, 0.25) is 11.7 Å². The molecule has 0 aliphatic heterocycles. The number of oxazole rings is 1. The summed E-state index contributed by atoms with van der Waals surface area (Å²) >= 11 is 12.0. The standard InChI is InChI=1S/C13H11Cl2NO4/c1-18-6-9-11(13(17)19-2)20-12(16-9)7-4-3-5-8(14)10(7)15/h3-5H,6H2,1-2H3. The number of methoxy groups -OCH3 is 2. The van der Waals surface area contributed by atoms with Crippen LogP contribution in [0.25, 0.3) is 11.5 Å². The molecule has 0 bridgehead atoms. The van der Waals surface area contributed by atoms with Gasteiger partial charge in [-0.05, 0) is 12.1 Å². The lowest BCUT2D eigenvalue weighted by Crippen LogP contribution is -2.04. The normalized spacial score (nSPS) is 10.6. The first kappa shape index (κ1) is 14.8. The summed E-state index contributed by atoms with van der Waals surface area (Å²) in [7, 11) is 2.75. The minimum atomic E-state index is -0.631. The Bertz CT molecular complexity index is 639. The van der Waals surface area contributed by atoms with E-state index in [1.165, 1.54) is 14.2 Å². The summed E-state index contributed by atoms with van der Waals surface area (Å²) in [6, 6.07) is 5.05. The highest BCUT2D eigenvalue weighted by Crippen LogP contribution is 2.34. The SMILES string of the molecule is COCc1nc(-c2cccc(Cl)c2Cl)oc1C(=O)OC. The van der Waals surface area contributed by atoms with Gasteiger partial charge in [0.15, 0.2) is 0 Å². The van der Waals surface area contributed by atoms with Crippen molar-refractivity contribution in [3.63, 3.8) is 0 Å². The van der Waals surface area contributed by atoms with Crippen LogP contribution < -0.4 is 0 Å². The molecule has 1 aromatic heterocycles. The van der Waals surface area contributed by atoms with Crippen molar-refractivity contribution >= 4 is 29.2 Å². The molecule has 0 aliphatic rings. The molecule has 2 rings (SSSR count). The smallest absolute Gasteiger partial charge is 0.376 e. The van der Waals surface area contributed by atoms with E-state index in [1.54, 1.807) is 18.2 Å². The zero-order chi connectivity index (χ0) is 14.7. The number of benzene rings is 1. The summed E-state index contributed by atoms with van der Waals surface area (Å²) in [5, 5.41) is 0.672. The molecule has 2 aromatic rings. The third kappa shape index (κ3) is 2.80. The molecule has 0 saturated heterocycles. The number of hydrogen-bond donors (Lipinski definition) is 0. The molecule has 106 valence electrons. The lowest BCUT2D eigenvalue weighted by atomic mass is 10.2. The first-order chi connectivity index (χ1) is 9.58. The molecular weight excluding hydrogens is 305 g/mol. The van der Waals surface area contributed by atoms with Crippen LogP contribution in [-0.4, -0.2) is 25.2 Å². The number of carbonyl (C=O) groups excluding carboxylic acids is 1. The summed E-state index contributed by atoms with van der Waals surface area (Å²) in [5.74, 6) is -0.459. The van der Waals surface area contributed by atoms with Crippen LogP contribution in [0.2, 0.25) is 10.0 Å². The second-order valence-electron chi connectivity index (χ2n) is 3.82. The predicted octanol–water partition coefficient (Wildman–Crippen LogP) is 3.58. The molecule has 0 fully saturated rings. The summed E-state index contributed by atoms with van der Waals surface area (Å²) in [6.45, 7) is 0.117. The fourth-order valence-corrected chi connectivity index (χ4v) is 2.00. The summed E-state index contributed by atoms with van der Waals surface area (Å²) < 4.78 is 15.0. The van der Waals surface area contributed by atoms with E-state index in [-0.39, 0.29) is 18.3 Å². The molecule has 0 N–H and O–H groups in total. The molecule has 0 atom stereocenters. The Morgan fingerprint density at radius 3 is 2.75 bits per heavy atom. The molecule has 1 heterocycles. The van der Waals surface area contributed by atoms with Gasteiger partial charge in [0.1, 0.15) is 5.69 Å². The van der Waals surface area contributed by atoms with Gasteiger partial charge >= 0.3 is 5.97 Å². The molecule has 1 aromatic carbocycles. The zero-order valence-electron chi connectivity index (χ0n) is 10.8. The van der Waals surface area contributed by atoms with E-state index in [4.69, 9.17) is 32.4 Å². The second kappa shape index (κ2) is 6.26. The predicted molar refractivity (Wildman–Crippen MR) is 74.0 cm³/mol. The highest BCUT2D eigenvalue weighted by Gasteiger charge is 2.23. The molecule has 0 amide bonds. The fourth-order valence-electron chi connectivity index (χ4n) is 1.62. The first-order valence-corrected chi connectivity index (χ1v) is 6.35.